The van der Waals surface area contributed by atoms with Crippen molar-refractivity contribution in [3.8, 4) is 11.3 Å². The van der Waals surface area contributed by atoms with Crippen molar-refractivity contribution in [2.24, 2.45) is 7.05 Å². The molecule has 9 nitrogen and oxygen atoms in total. The Morgan fingerprint density at radius 3 is 2.27 bits per heavy atom. The summed E-state index contributed by atoms with van der Waals surface area (Å²) in [7, 11) is 1.90. The van der Waals surface area contributed by atoms with Gasteiger partial charge in [0.25, 0.3) is 0 Å². The third-order valence-corrected chi connectivity index (χ3v) is 6.86. The molecule has 1 amide bonds. The van der Waals surface area contributed by atoms with Crippen LogP contribution in [0.2, 0.25) is 0 Å². The SMILES string of the molecule is C=C(c1c(C)c(C(=O)O)cc2c(C(C)C)c(-c3ccnn3C)cn12)N1CCN(C(=O)OC(C)(C)C)CC1. The number of pyridine rings is 1. The van der Waals surface area contributed by atoms with Gasteiger partial charge in [0.05, 0.1) is 28.2 Å². The minimum absolute atomic E-state index is 0.151. The van der Waals surface area contributed by atoms with E-state index in [0.717, 1.165) is 33.7 Å². The molecular weight excluding hydrogens is 470 g/mol. The van der Waals surface area contributed by atoms with Crippen molar-refractivity contribution in [3.05, 3.63) is 53.5 Å². The van der Waals surface area contributed by atoms with Gasteiger partial charge in [0.15, 0.2) is 0 Å². The van der Waals surface area contributed by atoms with E-state index >= 15 is 0 Å². The van der Waals surface area contributed by atoms with E-state index in [1.54, 1.807) is 17.2 Å². The minimum Gasteiger partial charge on any atom is -0.478 e. The monoisotopic (exact) mass is 507 g/mol. The summed E-state index contributed by atoms with van der Waals surface area (Å²) in [6, 6.07) is 3.74. The van der Waals surface area contributed by atoms with E-state index in [1.807, 2.05) is 45.5 Å². The summed E-state index contributed by atoms with van der Waals surface area (Å²) < 4.78 is 9.43. The third-order valence-electron chi connectivity index (χ3n) is 6.86. The van der Waals surface area contributed by atoms with Gasteiger partial charge in [0.2, 0.25) is 0 Å². The molecule has 1 N–H and O–H groups in total. The number of carbonyl (C=O) groups excluding carboxylic acids is 1. The molecule has 9 heteroatoms. The predicted molar refractivity (Wildman–Crippen MR) is 144 cm³/mol. The number of carbonyl (C=O) groups is 2. The van der Waals surface area contributed by atoms with Gasteiger partial charge < -0.3 is 24.0 Å². The topological polar surface area (TPSA) is 92.3 Å². The van der Waals surface area contributed by atoms with Crippen molar-refractivity contribution in [3.63, 3.8) is 0 Å². The van der Waals surface area contributed by atoms with Crippen LogP contribution in [0, 0.1) is 6.92 Å². The standard InChI is InChI=1S/C28H37N5O4/c1-17(2)24-21(22-9-10-29-30(22)8)16-33-23(24)15-20(26(34)35)18(3)25(33)19(4)31-11-13-32(14-12-31)27(36)37-28(5,6)7/h9-10,15-17H,4,11-14H2,1-3,5-8H3,(H,34,35). The van der Waals surface area contributed by atoms with Gasteiger partial charge in [-0.15, -0.1) is 0 Å². The fourth-order valence-electron chi connectivity index (χ4n) is 5.08. The molecule has 0 aliphatic carbocycles. The predicted octanol–water partition coefficient (Wildman–Crippen LogP) is 4.99. The summed E-state index contributed by atoms with van der Waals surface area (Å²) in [5.41, 5.74) is 5.74. The first-order valence-corrected chi connectivity index (χ1v) is 12.6. The number of ether oxygens (including phenoxy) is 1. The minimum atomic E-state index is -0.971. The molecule has 4 heterocycles. The molecule has 0 atom stereocenters. The lowest BCUT2D eigenvalue weighted by molar-refractivity contribution is 0.0182. The highest BCUT2D eigenvalue weighted by atomic mass is 16.6. The van der Waals surface area contributed by atoms with Gasteiger partial charge in [0.1, 0.15) is 5.60 Å². The molecule has 1 aliphatic heterocycles. The second kappa shape index (κ2) is 9.61. The summed E-state index contributed by atoms with van der Waals surface area (Å²) in [6.45, 7) is 18.2. The van der Waals surface area contributed by atoms with E-state index < -0.39 is 11.6 Å². The van der Waals surface area contributed by atoms with Crippen LogP contribution in [-0.4, -0.2) is 72.9 Å². The van der Waals surface area contributed by atoms with Crippen LogP contribution in [0.1, 0.15) is 67.7 Å². The fraction of sp³-hybridized carbons (Fsp3) is 0.464. The number of carboxylic acid groups (broad SMARTS) is 1. The summed E-state index contributed by atoms with van der Waals surface area (Å²) >= 11 is 0. The van der Waals surface area contributed by atoms with Crippen molar-refractivity contribution < 1.29 is 19.4 Å². The number of aromatic nitrogens is 3. The van der Waals surface area contributed by atoms with Gasteiger partial charge in [-0.05, 0) is 56.9 Å². The molecule has 0 radical (unpaired) electrons. The summed E-state index contributed by atoms with van der Waals surface area (Å²) in [5, 5.41) is 14.4. The second-order valence-corrected chi connectivity index (χ2v) is 10.9. The Bertz CT molecular complexity index is 1370. The van der Waals surface area contributed by atoms with Gasteiger partial charge in [0, 0.05) is 51.2 Å². The van der Waals surface area contributed by atoms with Crippen LogP contribution in [0.3, 0.4) is 0 Å². The highest BCUT2D eigenvalue weighted by molar-refractivity contribution is 5.94. The number of hydrogen-bond donors (Lipinski definition) is 1. The largest absolute Gasteiger partial charge is 0.478 e. The van der Waals surface area contributed by atoms with Crippen molar-refractivity contribution in [2.75, 3.05) is 26.2 Å². The molecule has 1 aliphatic rings. The summed E-state index contributed by atoms with van der Waals surface area (Å²) in [5.74, 6) is -0.820. The molecule has 3 aromatic rings. The Morgan fingerprint density at radius 1 is 1.14 bits per heavy atom. The van der Waals surface area contributed by atoms with Crippen LogP contribution >= 0.6 is 0 Å². The van der Waals surface area contributed by atoms with E-state index in [1.165, 1.54) is 0 Å². The highest BCUT2D eigenvalue weighted by Gasteiger charge is 2.29. The summed E-state index contributed by atoms with van der Waals surface area (Å²) in [6.07, 6.45) is 3.51. The number of rotatable bonds is 5. The molecule has 0 aromatic carbocycles. The average Bonchev–Trinajstić information content (AvgIpc) is 3.39. The number of aromatic carboxylic acids is 1. The maximum Gasteiger partial charge on any atom is 0.410 e. The zero-order chi connectivity index (χ0) is 27.2. The van der Waals surface area contributed by atoms with E-state index in [0.29, 0.717) is 31.7 Å². The van der Waals surface area contributed by atoms with Crippen LogP contribution in [0.4, 0.5) is 4.79 Å². The third kappa shape index (κ3) is 4.95. The Kier molecular flexibility index (Phi) is 6.83. The normalized spacial score (nSPS) is 14.5. The van der Waals surface area contributed by atoms with Crippen LogP contribution in [-0.2, 0) is 11.8 Å². The molecule has 0 bridgehead atoms. The Hall–Kier alpha value is -3.75. The molecule has 0 saturated carbocycles. The lowest BCUT2D eigenvalue weighted by Gasteiger charge is -2.38. The molecular formula is C28H37N5O4. The number of amides is 1. The maximum atomic E-state index is 12.5. The Labute approximate surface area is 217 Å². The highest BCUT2D eigenvalue weighted by Crippen LogP contribution is 2.38. The zero-order valence-corrected chi connectivity index (χ0v) is 22.8. The maximum absolute atomic E-state index is 12.5. The first-order valence-electron chi connectivity index (χ1n) is 12.6. The molecule has 1 fully saturated rings. The lowest BCUT2D eigenvalue weighted by Crippen LogP contribution is -2.49. The Balaban J connectivity index is 1.77. The fourth-order valence-corrected chi connectivity index (χ4v) is 5.08. The molecule has 0 spiro atoms. The van der Waals surface area contributed by atoms with Gasteiger partial charge in [-0.3, -0.25) is 4.68 Å². The van der Waals surface area contributed by atoms with Gasteiger partial charge in [-0.25, -0.2) is 9.59 Å². The molecule has 0 unspecified atom stereocenters. The molecule has 1 saturated heterocycles. The quantitative estimate of drug-likeness (QED) is 0.523. The summed E-state index contributed by atoms with van der Waals surface area (Å²) in [4.78, 5) is 28.7. The second-order valence-electron chi connectivity index (χ2n) is 10.9. The van der Waals surface area contributed by atoms with Crippen LogP contribution in [0.15, 0.2) is 31.1 Å². The van der Waals surface area contributed by atoms with Crippen LogP contribution < -0.4 is 0 Å². The van der Waals surface area contributed by atoms with Crippen molar-refractivity contribution in [1.29, 1.82) is 0 Å². The number of piperazine rings is 1. The molecule has 198 valence electrons. The lowest BCUT2D eigenvalue weighted by atomic mass is 9.96. The van der Waals surface area contributed by atoms with E-state index in [2.05, 4.69) is 41.0 Å². The first-order chi connectivity index (χ1) is 17.3. The van der Waals surface area contributed by atoms with Crippen LogP contribution in [0.5, 0.6) is 0 Å². The van der Waals surface area contributed by atoms with Gasteiger partial charge >= 0.3 is 12.1 Å². The number of fused-ring (bicyclic) bond motifs is 1. The van der Waals surface area contributed by atoms with E-state index in [9.17, 15) is 14.7 Å². The number of carboxylic acids is 1. The van der Waals surface area contributed by atoms with Crippen molar-refractivity contribution in [1.82, 2.24) is 24.0 Å². The first kappa shape index (κ1) is 26.3. The van der Waals surface area contributed by atoms with E-state index in [-0.39, 0.29) is 17.6 Å². The number of hydrogen-bond acceptors (Lipinski definition) is 5. The van der Waals surface area contributed by atoms with Crippen molar-refractivity contribution in [2.45, 2.75) is 53.1 Å². The van der Waals surface area contributed by atoms with Gasteiger partial charge in [-0.2, -0.15) is 5.10 Å². The molecule has 3 aromatic heterocycles. The van der Waals surface area contributed by atoms with Crippen LogP contribution in [0.25, 0.3) is 22.5 Å². The average molecular weight is 508 g/mol. The van der Waals surface area contributed by atoms with E-state index in [4.69, 9.17) is 4.74 Å². The number of aryl methyl sites for hydroxylation is 1. The molecule has 4 rings (SSSR count). The Morgan fingerprint density at radius 2 is 1.76 bits per heavy atom. The zero-order valence-electron chi connectivity index (χ0n) is 22.8. The van der Waals surface area contributed by atoms with Gasteiger partial charge in [-0.1, -0.05) is 20.4 Å². The number of nitrogens with zero attached hydrogens (tertiary/aromatic N) is 5. The smallest absolute Gasteiger partial charge is 0.410 e. The van der Waals surface area contributed by atoms with Crippen molar-refractivity contribution >= 4 is 23.3 Å². The molecule has 37 heavy (non-hydrogen) atoms.